The lowest BCUT2D eigenvalue weighted by Gasteiger charge is -2.11. The number of hydrogen-bond donors (Lipinski definition) is 0. The molecule has 122 valence electrons. The molecule has 0 fully saturated rings. The van der Waals surface area contributed by atoms with Crippen LogP contribution >= 0.6 is 0 Å². The zero-order valence-electron chi connectivity index (χ0n) is 12.7. The number of methoxy groups -OCH3 is 1. The maximum atomic E-state index is 13.2. The highest BCUT2D eigenvalue weighted by atomic mass is 19.4. The largest absolute Gasteiger partial charge is 0.497 e. The second-order valence-corrected chi connectivity index (χ2v) is 5.05. The van der Waals surface area contributed by atoms with Crippen molar-refractivity contribution in [2.45, 2.75) is 6.18 Å². The van der Waals surface area contributed by atoms with E-state index >= 15 is 0 Å². The number of aromatic nitrogens is 2. The van der Waals surface area contributed by atoms with Gasteiger partial charge in [-0.1, -0.05) is 30.3 Å². The van der Waals surface area contributed by atoms with Gasteiger partial charge in [0.2, 0.25) is 0 Å². The summed E-state index contributed by atoms with van der Waals surface area (Å²) in [7, 11) is 1.52. The van der Waals surface area contributed by atoms with Gasteiger partial charge in [0, 0.05) is 11.1 Å². The predicted molar refractivity (Wildman–Crippen MR) is 84.5 cm³/mol. The average molecular weight is 330 g/mol. The van der Waals surface area contributed by atoms with E-state index in [2.05, 4.69) is 9.97 Å². The number of alkyl halides is 3. The van der Waals surface area contributed by atoms with Crippen molar-refractivity contribution in [2.75, 3.05) is 7.11 Å². The Bertz CT molecular complexity index is 831. The van der Waals surface area contributed by atoms with Gasteiger partial charge < -0.3 is 4.74 Å². The molecule has 1 aromatic heterocycles. The van der Waals surface area contributed by atoms with Gasteiger partial charge in [0.25, 0.3) is 0 Å². The molecule has 0 saturated heterocycles. The summed E-state index contributed by atoms with van der Waals surface area (Å²) in [4.78, 5) is 7.96. The molecule has 0 N–H and O–H groups in total. The summed E-state index contributed by atoms with van der Waals surface area (Å²) in [5.41, 5.74) is 0.320. The van der Waals surface area contributed by atoms with Gasteiger partial charge in [-0.3, -0.25) is 0 Å². The SMILES string of the molecule is COc1ccc(-c2cc(C(F)(F)F)nc(-c3ccccc3)n2)cc1. The van der Waals surface area contributed by atoms with Crippen molar-refractivity contribution in [1.82, 2.24) is 9.97 Å². The van der Waals surface area contributed by atoms with Crippen LogP contribution in [0.25, 0.3) is 22.6 Å². The zero-order chi connectivity index (χ0) is 17.2. The first-order valence-corrected chi connectivity index (χ1v) is 7.13. The Balaban J connectivity index is 2.14. The van der Waals surface area contributed by atoms with Crippen molar-refractivity contribution < 1.29 is 17.9 Å². The molecule has 1 heterocycles. The highest BCUT2D eigenvalue weighted by Gasteiger charge is 2.33. The molecular weight excluding hydrogens is 317 g/mol. The molecule has 2 aromatic carbocycles. The Hall–Kier alpha value is -2.89. The normalized spacial score (nSPS) is 11.3. The van der Waals surface area contributed by atoms with E-state index in [1.165, 1.54) is 7.11 Å². The molecule has 3 nitrogen and oxygen atoms in total. The number of hydrogen-bond acceptors (Lipinski definition) is 3. The summed E-state index contributed by atoms with van der Waals surface area (Å²) >= 11 is 0. The third-order valence-corrected chi connectivity index (χ3v) is 3.43. The lowest BCUT2D eigenvalue weighted by atomic mass is 10.1. The van der Waals surface area contributed by atoms with Crippen LogP contribution in [-0.2, 0) is 6.18 Å². The summed E-state index contributed by atoms with van der Waals surface area (Å²) in [6, 6.07) is 16.2. The molecule has 6 heteroatoms. The van der Waals surface area contributed by atoms with E-state index in [1.54, 1.807) is 54.6 Å². The fourth-order valence-electron chi connectivity index (χ4n) is 2.22. The quantitative estimate of drug-likeness (QED) is 0.689. The molecule has 0 atom stereocenters. The second-order valence-electron chi connectivity index (χ2n) is 5.05. The van der Waals surface area contributed by atoms with Crippen molar-refractivity contribution >= 4 is 0 Å². The van der Waals surface area contributed by atoms with E-state index < -0.39 is 11.9 Å². The molecule has 3 aromatic rings. The first-order chi connectivity index (χ1) is 11.5. The smallest absolute Gasteiger partial charge is 0.433 e. The number of nitrogens with zero attached hydrogens (tertiary/aromatic N) is 2. The van der Waals surface area contributed by atoms with Crippen molar-refractivity contribution in [1.29, 1.82) is 0 Å². The molecular formula is C18H13F3N2O. The second kappa shape index (κ2) is 6.31. The Kier molecular flexibility index (Phi) is 4.20. The predicted octanol–water partition coefficient (Wildman–Crippen LogP) is 4.84. The number of ether oxygens (including phenoxy) is 1. The third kappa shape index (κ3) is 3.37. The van der Waals surface area contributed by atoms with Gasteiger partial charge in [0.1, 0.15) is 11.4 Å². The standard InChI is InChI=1S/C18H13F3N2O/c1-24-14-9-7-12(8-10-14)15-11-16(18(19,20)21)23-17(22-15)13-5-3-2-4-6-13/h2-11H,1H3. The lowest BCUT2D eigenvalue weighted by molar-refractivity contribution is -0.141. The van der Waals surface area contributed by atoms with Crippen molar-refractivity contribution in [3.05, 3.63) is 66.4 Å². The van der Waals surface area contributed by atoms with Crippen LogP contribution in [0.1, 0.15) is 5.69 Å². The molecule has 0 amide bonds. The van der Waals surface area contributed by atoms with Crippen LogP contribution in [-0.4, -0.2) is 17.1 Å². The summed E-state index contributed by atoms with van der Waals surface area (Å²) < 4.78 is 44.6. The van der Waals surface area contributed by atoms with Crippen molar-refractivity contribution in [3.63, 3.8) is 0 Å². The Morgan fingerprint density at radius 2 is 1.50 bits per heavy atom. The fourth-order valence-corrected chi connectivity index (χ4v) is 2.22. The van der Waals surface area contributed by atoms with E-state index in [9.17, 15) is 13.2 Å². The van der Waals surface area contributed by atoms with E-state index in [0.717, 1.165) is 6.07 Å². The maximum absolute atomic E-state index is 13.2. The molecule has 3 rings (SSSR count). The first kappa shape index (κ1) is 16.0. The topological polar surface area (TPSA) is 35.0 Å². The van der Waals surface area contributed by atoms with Crippen molar-refractivity contribution in [2.24, 2.45) is 0 Å². The summed E-state index contributed by atoms with van der Waals surface area (Å²) in [5.74, 6) is 0.656. The molecule has 0 aliphatic heterocycles. The van der Waals surface area contributed by atoms with Crippen LogP contribution in [0.5, 0.6) is 5.75 Å². The van der Waals surface area contributed by atoms with E-state index in [0.29, 0.717) is 16.9 Å². The summed E-state index contributed by atoms with van der Waals surface area (Å²) in [5, 5.41) is 0. The minimum Gasteiger partial charge on any atom is -0.497 e. The number of halogens is 3. The van der Waals surface area contributed by atoms with Gasteiger partial charge in [-0.2, -0.15) is 13.2 Å². The molecule has 0 spiro atoms. The van der Waals surface area contributed by atoms with Gasteiger partial charge >= 0.3 is 6.18 Å². The lowest BCUT2D eigenvalue weighted by Crippen LogP contribution is -2.10. The Morgan fingerprint density at radius 1 is 0.833 bits per heavy atom. The summed E-state index contributed by atoms with van der Waals surface area (Å²) in [6.07, 6.45) is -4.55. The first-order valence-electron chi connectivity index (χ1n) is 7.13. The number of benzene rings is 2. The number of rotatable bonds is 3. The molecule has 24 heavy (non-hydrogen) atoms. The monoisotopic (exact) mass is 330 g/mol. The van der Waals surface area contributed by atoms with Crippen LogP contribution < -0.4 is 4.74 Å². The van der Waals surface area contributed by atoms with Gasteiger partial charge in [-0.15, -0.1) is 0 Å². The molecule has 0 saturated carbocycles. The molecule has 0 aliphatic rings. The highest BCUT2D eigenvalue weighted by Crippen LogP contribution is 2.32. The third-order valence-electron chi connectivity index (χ3n) is 3.43. The maximum Gasteiger partial charge on any atom is 0.433 e. The zero-order valence-corrected chi connectivity index (χ0v) is 12.7. The van der Waals surface area contributed by atoms with E-state index in [1.807, 2.05) is 0 Å². The van der Waals surface area contributed by atoms with Crippen LogP contribution in [0.4, 0.5) is 13.2 Å². The van der Waals surface area contributed by atoms with Crippen LogP contribution in [0, 0.1) is 0 Å². The molecule has 0 bridgehead atoms. The minimum absolute atomic E-state index is 0.0382. The van der Waals surface area contributed by atoms with Crippen LogP contribution in [0.15, 0.2) is 60.7 Å². The fraction of sp³-hybridized carbons (Fsp3) is 0.111. The van der Waals surface area contributed by atoms with E-state index in [-0.39, 0.29) is 11.5 Å². The van der Waals surface area contributed by atoms with Gasteiger partial charge in [0.05, 0.1) is 12.8 Å². The Labute approximate surface area is 136 Å². The Morgan fingerprint density at radius 3 is 2.08 bits per heavy atom. The average Bonchev–Trinajstić information content (AvgIpc) is 2.61. The van der Waals surface area contributed by atoms with Gasteiger partial charge in [-0.25, -0.2) is 9.97 Å². The molecule has 0 aliphatic carbocycles. The van der Waals surface area contributed by atoms with E-state index in [4.69, 9.17) is 4.74 Å². The van der Waals surface area contributed by atoms with Crippen LogP contribution in [0.3, 0.4) is 0 Å². The van der Waals surface area contributed by atoms with Gasteiger partial charge in [-0.05, 0) is 30.3 Å². The summed E-state index contributed by atoms with van der Waals surface area (Å²) in [6.45, 7) is 0. The molecule has 0 radical (unpaired) electrons. The van der Waals surface area contributed by atoms with Crippen molar-refractivity contribution in [3.8, 4) is 28.4 Å². The highest BCUT2D eigenvalue weighted by molar-refractivity contribution is 5.65. The molecule has 0 unspecified atom stereocenters. The van der Waals surface area contributed by atoms with Gasteiger partial charge in [0.15, 0.2) is 5.82 Å². The van der Waals surface area contributed by atoms with Crippen LogP contribution in [0.2, 0.25) is 0 Å². The minimum atomic E-state index is -4.55.